The number of rotatable bonds is 3. The highest BCUT2D eigenvalue weighted by Crippen LogP contribution is 2.55. The van der Waals surface area contributed by atoms with Gasteiger partial charge in [0.2, 0.25) is 0 Å². The summed E-state index contributed by atoms with van der Waals surface area (Å²) in [5.74, 6) is 1.13. The second-order valence-corrected chi connectivity index (χ2v) is 5.31. The largest absolute Gasteiger partial charge is 0.504 e. The van der Waals surface area contributed by atoms with E-state index in [4.69, 9.17) is 0 Å². The Bertz CT molecular complexity index is 444. The number of nitrogens with one attached hydrogen (secondary N) is 1. The van der Waals surface area contributed by atoms with Crippen LogP contribution in [0.15, 0.2) is 12.1 Å². The summed E-state index contributed by atoms with van der Waals surface area (Å²) in [5.41, 5.74) is 2.49. The molecule has 1 fully saturated rings. The Labute approximate surface area is 101 Å². The summed E-state index contributed by atoms with van der Waals surface area (Å²) < 4.78 is 0. The van der Waals surface area contributed by atoms with E-state index in [1.165, 1.54) is 24.0 Å². The number of benzene rings is 1. The Hall–Kier alpha value is -1.22. The molecule has 3 heteroatoms. The lowest BCUT2D eigenvalue weighted by Gasteiger charge is -2.25. The molecule has 0 aliphatic heterocycles. The highest BCUT2D eigenvalue weighted by molar-refractivity contribution is 5.52. The number of phenolic OH excluding ortho intramolecular Hbond substituents is 2. The lowest BCUT2D eigenvalue weighted by molar-refractivity contribution is 0.399. The van der Waals surface area contributed by atoms with Gasteiger partial charge in [-0.2, -0.15) is 0 Å². The van der Waals surface area contributed by atoms with Crippen molar-refractivity contribution < 1.29 is 10.2 Å². The van der Waals surface area contributed by atoms with Crippen molar-refractivity contribution >= 4 is 0 Å². The number of aromatic hydroxyl groups is 2. The SMILES string of the molecule is CCCNC1CC2CC1c1cc(O)c(O)cc12. The summed E-state index contributed by atoms with van der Waals surface area (Å²) in [5, 5.41) is 22.8. The van der Waals surface area contributed by atoms with Gasteiger partial charge in [-0.15, -0.1) is 0 Å². The van der Waals surface area contributed by atoms with Crippen molar-refractivity contribution in [2.75, 3.05) is 6.54 Å². The van der Waals surface area contributed by atoms with Gasteiger partial charge in [-0.3, -0.25) is 0 Å². The fourth-order valence-electron chi connectivity index (χ4n) is 3.47. The van der Waals surface area contributed by atoms with Crippen molar-refractivity contribution in [1.82, 2.24) is 5.32 Å². The summed E-state index contributed by atoms with van der Waals surface area (Å²) >= 11 is 0. The van der Waals surface area contributed by atoms with Crippen LogP contribution in [0.4, 0.5) is 0 Å². The van der Waals surface area contributed by atoms with Crippen LogP contribution in [0.2, 0.25) is 0 Å². The Morgan fingerprint density at radius 2 is 1.88 bits per heavy atom. The first-order valence-electron chi connectivity index (χ1n) is 6.49. The average molecular weight is 233 g/mol. The second kappa shape index (κ2) is 3.91. The first-order valence-corrected chi connectivity index (χ1v) is 6.49. The van der Waals surface area contributed by atoms with Gasteiger partial charge in [0.25, 0.3) is 0 Å². The maximum Gasteiger partial charge on any atom is 0.157 e. The normalized spacial score (nSPS) is 29.6. The van der Waals surface area contributed by atoms with Crippen molar-refractivity contribution in [3.8, 4) is 11.5 Å². The van der Waals surface area contributed by atoms with E-state index < -0.39 is 0 Å². The lowest BCUT2D eigenvalue weighted by atomic mass is 9.88. The van der Waals surface area contributed by atoms with Gasteiger partial charge in [0.1, 0.15) is 0 Å². The van der Waals surface area contributed by atoms with Crippen LogP contribution >= 0.6 is 0 Å². The number of phenols is 2. The van der Waals surface area contributed by atoms with E-state index in [1.807, 2.05) is 0 Å². The van der Waals surface area contributed by atoms with Gasteiger partial charge in [0.15, 0.2) is 11.5 Å². The summed E-state index contributed by atoms with van der Waals surface area (Å²) in [6.45, 7) is 3.24. The molecule has 3 N–H and O–H groups in total. The third-order valence-corrected chi connectivity index (χ3v) is 4.24. The first kappa shape index (κ1) is 10.9. The Balaban J connectivity index is 1.89. The van der Waals surface area contributed by atoms with E-state index in [0.29, 0.717) is 17.9 Å². The second-order valence-electron chi connectivity index (χ2n) is 5.31. The molecule has 0 radical (unpaired) electrons. The number of fused-ring (bicyclic) bond motifs is 5. The van der Waals surface area contributed by atoms with Crippen LogP contribution in [0, 0.1) is 0 Å². The zero-order valence-electron chi connectivity index (χ0n) is 10.1. The minimum Gasteiger partial charge on any atom is -0.504 e. The van der Waals surface area contributed by atoms with Gasteiger partial charge in [0, 0.05) is 12.0 Å². The van der Waals surface area contributed by atoms with E-state index in [-0.39, 0.29) is 11.5 Å². The van der Waals surface area contributed by atoms with Crippen LogP contribution in [-0.4, -0.2) is 22.8 Å². The predicted octanol–water partition coefficient (Wildman–Crippen LogP) is 2.44. The van der Waals surface area contributed by atoms with E-state index in [9.17, 15) is 10.2 Å². The highest BCUT2D eigenvalue weighted by Gasteiger charge is 2.43. The van der Waals surface area contributed by atoms with Crippen molar-refractivity contribution in [2.24, 2.45) is 0 Å². The maximum absolute atomic E-state index is 9.60. The fourth-order valence-corrected chi connectivity index (χ4v) is 3.47. The standard InChI is InChI=1S/C14H19NO2/c1-2-3-15-12-5-8-4-11(12)10-7-14(17)13(16)6-9(8)10/h6-8,11-12,15-17H,2-5H2,1H3. The molecule has 1 aromatic rings. The molecule has 2 bridgehead atoms. The smallest absolute Gasteiger partial charge is 0.157 e. The van der Waals surface area contributed by atoms with Gasteiger partial charge < -0.3 is 15.5 Å². The summed E-state index contributed by atoms with van der Waals surface area (Å²) in [7, 11) is 0. The minimum atomic E-state index is 0.0190. The summed E-state index contributed by atoms with van der Waals surface area (Å²) in [6, 6.07) is 4.07. The molecule has 0 heterocycles. The molecule has 0 aromatic heterocycles. The van der Waals surface area contributed by atoms with Crippen LogP contribution in [0.25, 0.3) is 0 Å². The van der Waals surface area contributed by atoms with Gasteiger partial charge in [0.05, 0.1) is 0 Å². The van der Waals surface area contributed by atoms with Crippen molar-refractivity contribution in [3.05, 3.63) is 23.3 Å². The molecular formula is C14H19NO2. The number of hydrogen-bond donors (Lipinski definition) is 3. The predicted molar refractivity (Wildman–Crippen MR) is 66.6 cm³/mol. The maximum atomic E-state index is 9.60. The third-order valence-electron chi connectivity index (χ3n) is 4.24. The van der Waals surface area contributed by atoms with Crippen LogP contribution in [0.5, 0.6) is 11.5 Å². The monoisotopic (exact) mass is 233 g/mol. The summed E-state index contributed by atoms with van der Waals surface area (Å²) in [4.78, 5) is 0. The zero-order chi connectivity index (χ0) is 12.0. The molecule has 3 atom stereocenters. The van der Waals surface area contributed by atoms with Crippen molar-refractivity contribution in [1.29, 1.82) is 0 Å². The van der Waals surface area contributed by atoms with Gasteiger partial charge in [-0.25, -0.2) is 0 Å². The Morgan fingerprint density at radius 1 is 1.18 bits per heavy atom. The van der Waals surface area contributed by atoms with Crippen LogP contribution in [-0.2, 0) is 0 Å². The molecule has 2 aliphatic rings. The first-order chi connectivity index (χ1) is 8.20. The molecule has 1 saturated carbocycles. The number of hydrogen-bond acceptors (Lipinski definition) is 3. The fraction of sp³-hybridized carbons (Fsp3) is 0.571. The molecule has 17 heavy (non-hydrogen) atoms. The molecule has 2 aliphatic carbocycles. The van der Waals surface area contributed by atoms with E-state index in [2.05, 4.69) is 12.2 Å². The van der Waals surface area contributed by atoms with Gasteiger partial charge in [-0.05, 0) is 55.0 Å². The molecule has 3 unspecified atom stereocenters. The van der Waals surface area contributed by atoms with Crippen LogP contribution < -0.4 is 5.32 Å². The molecule has 3 rings (SSSR count). The Kier molecular flexibility index (Phi) is 2.51. The van der Waals surface area contributed by atoms with E-state index in [0.717, 1.165) is 13.0 Å². The minimum absolute atomic E-state index is 0.0190. The molecule has 0 saturated heterocycles. The topological polar surface area (TPSA) is 52.5 Å². The van der Waals surface area contributed by atoms with E-state index in [1.54, 1.807) is 12.1 Å². The van der Waals surface area contributed by atoms with Gasteiger partial charge in [-0.1, -0.05) is 6.92 Å². The molecule has 92 valence electrons. The molecular weight excluding hydrogens is 214 g/mol. The van der Waals surface area contributed by atoms with Crippen molar-refractivity contribution in [3.63, 3.8) is 0 Å². The summed E-state index contributed by atoms with van der Waals surface area (Å²) in [6.07, 6.45) is 3.49. The quantitative estimate of drug-likeness (QED) is 0.703. The van der Waals surface area contributed by atoms with Gasteiger partial charge >= 0.3 is 0 Å². The third kappa shape index (κ3) is 1.61. The molecule has 0 spiro atoms. The Morgan fingerprint density at radius 3 is 2.59 bits per heavy atom. The van der Waals surface area contributed by atoms with E-state index >= 15 is 0 Å². The lowest BCUT2D eigenvalue weighted by Crippen LogP contribution is -2.33. The molecule has 1 aromatic carbocycles. The molecule has 3 nitrogen and oxygen atoms in total. The molecule has 0 amide bonds. The zero-order valence-corrected chi connectivity index (χ0v) is 10.1. The average Bonchev–Trinajstić information content (AvgIpc) is 2.86. The van der Waals surface area contributed by atoms with Crippen molar-refractivity contribution in [2.45, 2.75) is 44.1 Å². The highest BCUT2D eigenvalue weighted by atomic mass is 16.3. The van der Waals surface area contributed by atoms with Crippen LogP contribution in [0.3, 0.4) is 0 Å². The van der Waals surface area contributed by atoms with Crippen LogP contribution in [0.1, 0.15) is 49.1 Å².